The monoisotopic (exact) mass is 369 g/mol. The zero-order valence-electron chi connectivity index (χ0n) is 13.8. The van der Waals surface area contributed by atoms with E-state index in [4.69, 9.17) is 11.6 Å². The van der Waals surface area contributed by atoms with E-state index >= 15 is 0 Å². The molecule has 3 rings (SSSR count). The fraction of sp³-hybridized carbons (Fsp3) is 0.611. The minimum Gasteiger partial charge on any atom is -0.340 e. The van der Waals surface area contributed by atoms with Gasteiger partial charge < -0.3 is 4.90 Å². The number of hydrogen-bond acceptors (Lipinski definition) is 3. The van der Waals surface area contributed by atoms with E-state index in [1.807, 2.05) is 24.3 Å². The van der Waals surface area contributed by atoms with E-state index in [0.29, 0.717) is 31.0 Å². The standard InChI is InChI=1S/C18H24ClNO3S/c19-15-6-4-5-14(11-15)9-10-18(21)20-12-17(13-20)24(22,23)16-7-2-1-3-8-16/h4-6,11,16-17H,1-3,7-10,12-13H2. The van der Waals surface area contributed by atoms with E-state index in [-0.39, 0.29) is 16.4 Å². The molecule has 1 aliphatic carbocycles. The van der Waals surface area contributed by atoms with Crippen LogP contribution in [0.5, 0.6) is 0 Å². The predicted octanol–water partition coefficient (Wildman–Crippen LogP) is 3.23. The number of rotatable bonds is 5. The van der Waals surface area contributed by atoms with Crippen molar-refractivity contribution in [2.75, 3.05) is 13.1 Å². The molecule has 132 valence electrons. The van der Waals surface area contributed by atoms with Gasteiger partial charge in [-0.25, -0.2) is 8.42 Å². The van der Waals surface area contributed by atoms with Gasteiger partial charge in [0.15, 0.2) is 9.84 Å². The Kier molecular flexibility index (Phi) is 5.50. The highest BCUT2D eigenvalue weighted by Gasteiger charge is 2.43. The van der Waals surface area contributed by atoms with Crippen LogP contribution in [0.4, 0.5) is 0 Å². The van der Waals surface area contributed by atoms with E-state index in [1.54, 1.807) is 4.90 Å². The third-order valence-electron chi connectivity index (χ3n) is 5.20. The fourth-order valence-corrected chi connectivity index (χ4v) is 6.14. The number of aryl methyl sites for hydroxylation is 1. The van der Waals surface area contributed by atoms with Crippen molar-refractivity contribution < 1.29 is 13.2 Å². The molecule has 1 aromatic rings. The average molecular weight is 370 g/mol. The van der Waals surface area contributed by atoms with Crippen LogP contribution in [0.25, 0.3) is 0 Å². The lowest BCUT2D eigenvalue weighted by Crippen LogP contribution is -2.58. The second-order valence-corrected chi connectivity index (χ2v) is 9.85. The fourth-order valence-electron chi connectivity index (χ4n) is 3.62. The number of hydrogen-bond donors (Lipinski definition) is 0. The zero-order valence-corrected chi connectivity index (χ0v) is 15.4. The van der Waals surface area contributed by atoms with Crippen LogP contribution in [-0.4, -0.2) is 42.8 Å². The minimum absolute atomic E-state index is 0.0325. The maximum absolute atomic E-state index is 12.6. The molecule has 0 bridgehead atoms. The molecule has 4 nitrogen and oxygen atoms in total. The maximum atomic E-state index is 12.6. The highest BCUT2D eigenvalue weighted by atomic mass is 35.5. The molecule has 1 aliphatic heterocycles. The quantitative estimate of drug-likeness (QED) is 0.800. The van der Waals surface area contributed by atoms with Crippen LogP contribution in [-0.2, 0) is 21.1 Å². The summed E-state index contributed by atoms with van der Waals surface area (Å²) in [5.41, 5.74) is 1.03. The summed E-state index contributed by atoms with van der Waals surface area (Å²) < 4.78 is 25.2. The first-order chi connectivity index (χ1) is 11.5. The van der Waals surface area contributed by atoms with E-state index in [9.17, 15) is 13.2 Å². The summed E-state index contributed by atoms with van der Waals surface area (Å²) in [6.07, 6.45) is 5.79. The average Bonchev–Trinajstić information content (AvgIpc) is 2.52. The van der Waals surface area contributed by atoms with Gasteiger partial charge in [-0.05, 0) is 37.0 Å². The van der Waals surface area contributed by atoms with Crippen molar-refractivity contribution in [3.8, 4) is 0 Å². The molecule has 0 aromatic heterocycles. The van der Waals surface area contributed by atoms with Crippen molar-refractivity contribution in [3.63, 3.8) is 0 Å². The van der Waals surface area contributed by atoms with Crippen molar-refractivity contribution in [3.05, 3.63) is 34.9 Å². The van der Waals surface area contributed by atoms with Crippen molar-refractivity contribution in [1.82, 2.24) is 4.90 Å². The second-order valence-electron chi connectivity index (χ2n) is 6.90. The van der Waals surface area contributed by atoms with E-state index in [1.165, 1.54) is 0 Å². The molecule has 6 heteroatoms. The smallest absolute Gasteiger partial charge is 0.222 e. The molecule has 0 radical (unpaired) electrons. The highest BCUT2D eigenvalue weighted by molar-refractivity contribution is 7.92. The summed E-state index contributed by atoms with van der Waals surface area (Å²) in [4.78, 5) is 13.9. The lowest BCUT2D eigenvalue weighted by molar-refractivity contribution is -0.134. The predicted molar refractivity (Wildman–Crippen MR) is 95.9 cm³/mol. The largest absolute Gasteiger partial charge is 0.340 e. The molecule has 0 N–H and O–H groups in total. The van der Waals surface area contributed by atoms with Gasteiger partial charge in [0.1, 0.15) is 0 Å². The van der Waals surface area contributed by atoms with E-state index in [0.717, 1.165) is 37.7 Å². The molecular weight excluding hydrogens is 346 g/mol. The Morgan fingerprint density at radius 3 is 2.50 bits per heavy atom. The van der Waals surface area contributed by atoms with Gasteiger partial charge in [-0.2, -0.15) is 0 Å². The molecule has 0 atom stereocenters. The molecule has 2 fully saturated rings. The Hall–Kier alpha value is -1.07. The molecule has 1 saturated carbocycles. The van der Waals surface area contributed by atoms with Crippen molar-refractivity contribution in [2.45, 2.75) is 55.4 Å². The summed E-state index contributed by atoms with van der Waals surface area (Å²) in [5.74, 6) is 0.0325. The van der Waals surface area contributed by atoms with Crippen LogP contribution in [0.15, 0.2) is 24.3 Å². The number of amides is 1. The molecule has 1 amide bonds. The van der Waals surface area contributed by atoms with Gasteiger partial charge in [0.05, 0.1) is 10.5 Å². The summed E-state index contributed by atoms with van der Waals surface area (Å²) in [6.45, 7) is 0.737. The van der Waals surface area contributed by atoms with Gasteiger partial charge in [-0.1, -0.05) is 43.0 Å². The molecule has 0 spiro atoms. The SMILES string of the molecule is O=C(CCc1cccc(Cl)c1)N1CC(S(=O)(=O)C2CCCCC2)C1. The van der Waals surface area contributed by atoms with Crippen LogP contribution in [0.3, 0.4) is 0 Å². The number of nitrogens with zero attached hydrogens (tertiary/aromatic N) is 1. The van der Waals surface area contributed by atoms with Gasteiger partial charge in [-0.15, -0.1) is 0 Å². The van der Waals surface area contributed by atoms with Gasteiger partial charge in [-0.3, -0.25) is 4.79 Å². The van der Waals surface area contributed by atoms with Crippen LogP contribution >= 0.6 is 11.6 Å². The molecule has 1 aromatic carbocycles. The van der Waals surface area contributed by atoms with Crippen LogP contribution in [0.2, 0.25) is 5.02 Å². The molecule has 2 aliphatic rings. The number of benzene rings is 1. The molecule has 0 unspecified atom stereocenters. The summed E-state index contributed by atoms with van der Waals surface area (Å²) >= 11 is 5.94. The van der Waals surface area contributed by atoms with Crippen molar-refractivity contribution in [2.24, 2.45) is 0 Å². The summed E-state index contributed by atoms with van der Waals surface area (Å²) in [5, 5.41) is 0.137. The van der Waals surface area contributed by atoms with E-state index < -0.39 is 9.84 Å². The normalized spacial score (nSPS) is 20.0. The number of carbonyl (C=O) groups is 1. The first kappa shape index (κ1) is 17.7. The minimum atomic E-state index is -3.08. The Labute approximate surface area is 149 Å². The molecule has 24 heavy (non-hydrogen) atoms. The van der Waals surface area contributed by atoms with E-state index in [2.05, 4.69) is 0 Å². The Morgan fingerprint density at radius 1 is 1.12 bits per heavy atom. The number of carbonyl (C=O) groups excluding carboxylic acids is 1. The maximum Gasteiger partial charge on any atom is 0.222 e. The zero-order chi connectivity index (χ0) is 17.2. The highest BCUT2D eigenvalue weighted by Crippen LogP contribution is 2.30. The van der Waals surface area contributed by atoms with Crippen molar-refractivity contribution >= 4 is 27.3 Å². The summed E-state index contributed by atoms with van der Waals surface area (Å²) in [6, 6.07) is 7.49. The number of halogens is 1. The Bertz CT molecular complexity index is 692. The van der Waals surface area contributed by atoms with Crippen molar-refractivity contribution in [1.29, 1.82) is 0 Å². The Morgan fingerprint density at radius 2 is 1.83 bits per heavy atom. The Balaban J connectivity index is 1.48. The van der Waals surface area contributed by atoms with Gasteiger partial charge in [0.25, 0.3) is 0 Å². The van der Waals surface area contributed by atoms with Crippen LogP contribution < -0.4 is 0 Å². The van der Waals surface area contributed by atoms with Crippen LogP contribution in [0, 0.1) is 0 Å². The summed E-state index contributed by atoms with van der Waals surface area (Å²) in [7, 11) is -3.08. The third kappa shape index (κ3) is 3.94. The molecule has 1 saturated heterocycles. The lowest BCUT2D eigenvalue weighted by Gasteiger charge is -2.41. The first-order valence-corrected chi connectivity index (χ1v) is 10.7. The topological polar surface area (TPSA) is 54.5 Å². The van der Waals surface area contributed by atoms with Gasteiger partial charge in [0.2, 0.25) is 5.91 Å². The first-order valence-electron chi connectivity index (χ1n) is 8.72. The van der Waals surface area contributed by atoms with Gasteiger partial charge in [0, 0.05) is 24.5 Å². The lowest BCUT2D eigenvalue weighted by atomic mass is 10.0. The second kappa shape index (κ2) is 7.44. The molecule has 1 heterocycles. The number of likely N-dealkylation sites (tertiary alicyclic amines) is 1. The molecular formula is C18H24ClNO3S. The number of sulfone groups is 1. The third-order valence-corrected chi connectivity index (χ3v) is 8.06. The van der Waals surface area contributed by atoms with Crippen LogP contribution in [0.1, 0.15) is 44.1 Å². The van der Waals surface area contributed by atoms with Gasteiger partial charge >= 0.3 is 0 Å².